The molecule has 0 atom stereocenters. The molecule has 0 unspecified atom stereocenters. The van der Waals surface area contributed by atoms with Crippen molar-refractivity contribution in [1.29, 1.82) is 0 Å². The van der Waals surface area contributed by atoms with E-state index in [4.69, 9.17) is 10.6 Å². The van der Waals surface area contributed by atoms with Gasteiger partial charge in [0.2, 0.25) is 0 Å². The highest BCUT2D eigenvalue weighted by Gasteiger charge is 2.07. The van der Waals surface area contributed by atoms with Crippen molar-refractivity contribution in [1.82, 2.24) is 15.0 Å². The highest BCUT2D eigenvalue weighted by molar-refractivity contribution is 9.10. The van der Waals surface area contributed by atoms with E-state index in [-0.39, 0.29) is 0 Å². The molecule has 0 aliphatic carbocycles. The van der Waals surface area contributed by atoms with Crippen LogP contribution in [0, 0.1) is 0 Å². The van der Waals surface area contributed by atoms with Gasteiger partial charge in [0.15, 0.2) is 5.82 Å². The summed E-state index contributed by atoms with van der Waals surface area (Å²) < 4.78 is 5.95. The lowest BCUT2D eigenvalue weighted by molar-refractivity contribution is 0.181. The molecule has 2 heterocycles. The first kappa shape index (κ1) is 12.9. The summed E-state index contributed by atoms with van der Waals surface area (Å²) in [5, 5.41) is 0. The number of methoxy groups -OCH3 is 1. The van der Waals surface area contributed by atoms with Gasteiger partial charge >= 0.3 is 0 Å². The van der Waals surface area contributed by atoms with Gasteiger partial charge in [-0.3, -0.25) is 4.98 Å². The number of nitrogen functional groups attached to an aromatic ring is 1. The van der Waals surface area contributed by atoms with Crippen LogP contribution in [0.4, 0.5) is 5.82 Å². The number of hydrogen-bond donors (Lipinski definition) is 2. The Hall–Kier alpha value is -1.57. The van der Waals surface area contributed by atoms with E-state index in [0.717, 1.165) is 10.2 Å². The number of ether oxygens (including phenoxy) is 1. The molecular formula is C11H12BrN5O. The summed E-state index contributed by atoms with van der Waals surface area (Å²) in [7, 11) is 1.61. The molecule has 0 saturated heterocycles. The Labute approximate surface area is 113 Å². The molecule has 0 amide bonds. The molecule has 94 valence electrons. The molecular weight excluding hydrogens is 298 g/mol. The molecule has 0 fully saturated rings. The molecule has 7 heteroatoms. The van der Waals surface area contributed by atoms with E-state index in [1.807, 2.05) is 12.1 Å². The summed E-state index contributed by atoms with van der Waals surface area (Å²) in [5.41, 5.74) is 3.91. The quantitative estimate of drug-likeness (QED) is 0.661. The van der Waals surface area contributed by atoms with Crippen LogP contribution in [0.3, 0.4) is 0 Å². The van der Waals surface area contributed by atoms with Gasteiger partial charge in [-0.1, -0.05) is 0 Å². The topological polar surface area (TPSA) is 86.0 Å². The summed E-state index contributed by atoms with van der Waals surface area (Å²) in [4.78, 5) is 12.9. The summed E-state index contributed by atoms with van der Waals surface area (Å²) in [5.74, 6) is 6.41. The van der Waals surface area contributed by atoms with Gasteiger partial charge in [-0.25, -0.2) is 15.8 Å². The van der Waals surface area contributed by atoms with Gasteiger partial charge in [-0.2, -0.15) is 0 Å². The third-order valence-corrected chi connectivity index (χ3v) is 2.64. The Bertz CT molecular complexity index is 531. The number of nitrogens with zero attached hydrogens (tertiary/aromatic N) is 3. The molecule has 3 N–H and O–H groups in total. The van der Waals surface area contributed by atoms with Crippen LogP contribution in [-0.2, 0) is 11.3 Å². The van der Waals surface area contributed by atoms with Crippen LogP contribution in [0.2, 0.25) is 0 Å². The van der Waals surface area contributed by atoms with Gasteiger partial charge < -0.3 is 10.2 Å². The fourth-order valence-electron chi connectivity index (χ4n) is 1.42. The Morgan fingerprint density at radius 1 is 1.39 bits per heavy atom. The van der Waals surface area contributed by atoms with Crippen LogP contribution < -0.4 is 11.3 Å². The number of nitrogens with two attached hydrogens (primary N) is 1. The predicted octanol–water partition coefficient (Wildman–Crippen LogP) is 1.73. The van der Waals surface area contributed by atoms with E-state index in [1.54, 1.807) is 19.4 Å². The fraction of sp³-hybridized carbons (Fsp3) is 0.182. The maximum atomic E-state index is 5.38. The van der Waals surface area contributed by atoms with Crippen molar-refractivity contribution in [2.45, 2.75) is 6.61 Å². The number of pyridine rings is 1. The van der Waals surface area contributed by atoms with Gasteiger partial charge in [-0.15, -0.1) is 0 Å². The fourth-order valence-corrected chi connectivity index (χ4v) is 1.65. The normalized spacial score (nSPS) is 10.4. The van der Waals surface area contributed by atoms with Crippen LogP contribution in [0.5, 0.6) is 0 Å². The average molecular weight is 310 g/mol. The van der Waals surface area contributed by atoms with Gasteiger partial charge in [0.1, 0.15) is 11.5 Å². The molecule has 0 radical (unpaired) electrons. The zero-order chi connectivity index (χ0) is 13.0. The van der Waals surface area contributed by atoms with Crippen molar-refractivity contribution in [3.05, 3.63) is 34.6 Å². The molecule has 0 aliphatic heterocycles. The lowest BCUT2D eigenvalue weighted by atomic mass is 10.3. The van der Waals surface area contributed by atoms with Gasteiger partial charge in [0.25, 0.3) is 0 Å². The minimum atomic E-state index is 0.390. The minimum Gasteiger partial charge on any atom is -0.378 e. The average Bonchev–Trinajstić information content (AvgIpc) is 2.39. The van der Waals surface area contributed by atoms with Crippen LogP contribution in [0.15, 0.2) is 28.9 Å². The first-order valence-corrected chi connectivity index (χ1v) is 5.97. The first-order chi connectivity index (χ1) is 8.72. The molecule has 2 rings (SSSR count). The lowest BCUT2D eigenvalue weighted by Crippen LogP contribution is -2.11. The largest absolute Gasteiger partial charge is 0.378 e. The van der Waals surface area contributed by atoms with Crippen LogP contribution in [0.25, 0.3) is 11.5 Å². The SMILES string of the molecule is COCc1cc(NN)nc(-c2ccc(Br)cn2)n1. The van der Waals surface area contributed by atoms with E-state index in [2.05, 4.69) is 36.3 Å². The number of rotatable bonds is 4. The van der Waals surface area contributed by atoms with E-state index in [1.165, 1.54) is 0 Å². The number of hydrogen-bond acceptors (Lipinski definition) is 6. The third-order valence-electron chi connectivity index (χ3n) is 2.18. The minimum absolute atomic E-state index is 0.390. The number of aromatic nitrogens is 3. The summed E-state index contributed by atoms with van der Waals surface area (Å²) in [6, 6.07) is 5.44. The number of halogens is 1. The molecule has 2 aromatic heterocycles. The zero-order valence-electron chi connectivity index (χ0n) is 9.72. The molecule has 2 aromatic rings. The van der Waals surface area contributed by atoms with E-state index < -0.39 is 0 Å². The second-order valence-electron chi connectivity index (χ2n) is 3.51. The highest BCUT2D eigenvalue weighted by atomic mass is 79.9. The van der Waals surface area contributed by atoms with E-state index in [0.29, 0.717) is 23.9 Å². The van der Waals surface area contributed by atoms with Gasteiger partial charge in [0, 0.05) is 23.8 Å². The van der Waals surface area contributed by atoms with Crippen molar-refractivity contribution in [3.63, 3.8) is 0 Å². The van der Waals surface area contributed by atoms with Crippen LogP contribution in [0.1, 0.15) is 5.69 Å². The molecule has 0 saturated carbocycles. The number of anilines is 1. The third kappa shape index (κ3) is 3.00. The van der Waals surface area contributed by atoms with Gasteiger partial charge in [0.05, 0.1) is 12.3 Å². The van der Waals surface area contributed by atoms with Crippen molar-refractivity contribution in [2.24, 2.45) is 5.84 Å². The molecule has 18 heavy (non-hydrogen) atoms. The van der Waals surface area contributed by atoms with Crippen LogP contribution >= 0.6 is 15.9 Å². The summed E-state index contributed by atoms with van der Waals surface area (Å²) >= 11 is 3.33. The van der Waals surface area contributed by atoms with E-state index in [9.17, 15) is 0 Å². The Kier molecular flexibility index (Phi) is 4.19. The molecule has 0 bridgehead atoms. The maximum Gasteiger partial charge on any atom is 0.180 e. The van der Waals surface area contributed by atoms with Crippen molar-refractivity contribution >= 4 is 21.7 Å². The number of hydrazine groups is 1. The smallest absolute Gasteiger partial charge is 0.180 e. The standard InChI is InChI=1S/C11H12BrN5O/c1-18-6-8-4-10(17-13)16-11(15-8)9-3-2-7(12)5-14-9/h2-5H,6,13H2,1H3,(H,15,16,17). The van der Waals surface area contributed by atoms with Gasteiger partial charge in [-0.05, 0) is 28.1 Å². The maximum absolute atomic E-state index is 5.38. The second kappa shape index (κ2) is 5.85. The summed E-state index contributed by atoms with van der Waals surface area (Å²) in [6.45, 7) is 0.390. The molecule has 6 nitrogen and oxygen atoms in total. The Balaban J connectivity index is 2.42. The van der Waals surface area contributed by atoms with E-state index >= 15 is 0 Å². The molecule has 0 aliphatic rings. The Morgan fingerprint density at radius 3 is 2.83 bits per heavy atom. The van der Waals surface area contributed by atoms with Crippen molar-refractivity contribution in [2.75, 3.05) is 12.5 Å². The first-order valence-electron chi connectivity index (χ1n) is 5.18. The predicted molar refractivity (Wildman–Crippen MR) is 71.5 cm³/mol. The summed E-state index contributed by atoms with van der Waals surface area (Å²) in [6.07, 6.45) is 1.69. The second-order valence-corrected chi connectivity index (χ2v) is 4.42. The van der Waals surface area contributed by atoms with Crippen LogP contribution in [-0.4, -0.2) is 22.1 Å². The Morgan fingerprint density at radius 2 is 2.22 bits per heavy atom. The monoisotopic (exact) mass is 309 g/mol. The molecule has 0 spiro atoms. The zero-order valence-corrected chi connectivity index (χ0v) is 11.3. The van der Waals surface area contributed by atoms with Crippen molar-refractivity contribution in [3.8, 4) is 11.5 Å². The lowest BCUT2D eigenvalue weighted by Gasteiger charge is -2.06. The number of nitrogens with one attached hydrogen (secondary N) is 1. The highest BCUT2D eigenvalue weighted by Crippen LogP contribution is 2.18. The molecule has 0 aromatic carbocycles. The van der Waals surface area contributed by atoms with Crippen molar-refractivity contribution < 1.29 is 4.74 Å².